The number of thiazole rings is 1. The summed E-state index contributed by atoms with van der Waals surface area (Å²) in [6.07, 6.45) is 3.36. The molecule has 0 spiro atoms. The van der Waals surface area contributed by atoms with E-state index in [1.807, 2.05) is 32.0 Å². The monoisotopic (exact) mass is 479 g/mol. The first-order valence-corrected chi connectivity index (χ1v) is 13.0. The lowest BCUT2D eigenvalue weighted by Crippen LogP contribution is -2.30. The van der Waals surface area contributed by atoms with Crippen molar-refractivity contribution in [2.24, 2.45) is 0 Å². The minimum atomic E-state index is -3.51. The van der Waals surface area contributed by atoms with E-state index in [1.54, 1.807) is 43.3 Å². The predicted molar refractivity (Wildman–Crippen MR) is 133 cm³/mol. The van der Waals surface area contributed by atoms with E-state index in [0.717, 1.165) is 26.9 Å². The lowest BCUT2D eigenvalue weighted by molar-refractivity contribution is 0.0985. The summed E-state index contributed by atoms with van der Waals surface area (Å²) >= 11 is 1.45. The van der Waals surface area contributed by atoms with E-state index < -0.39 is 15.1 Å². The standard InChI is InChI=1S/C25H25N3O3S2/c1-16(2)33(30,31)21-7-5-6-20(14-21)24(29)28(15-19-10-12-26-13-11-19)25-27-23-18(4)17(3)8-9-22(23)32-25/h5-14,16H,15H2,1-4H3. The van der Waals surface area contributed by atoms with Crippen molar-refractivity contribution in [3.63, 3.8) is 0 Å². The third-order valence-electron chi connectivity index (χ3n) is 5.67. The average molecular weight is 480 g/mol. The van der Waals surface area contributed by atoms with Gasteiger partial charge < -0.3 is 0 Å². The molecule has 4 rings (SSSR count). The number of aromatic nitrogens is 2. The van der Waals surface area contributed by atoms with Gasteiger partial charge in [-0.25, -0.2) is 13.4 Å². The van der Waals surface area contributed by atoms with Crippen LogP contribution in [0.25, 0.3) is 10.2 Å². The second kappa shape index (κ2) is 9.03. The van der Waals surface area contributed by atoms with Gasteiger partial charge in [-0.1, -0.05) is 23.5 Å². The molecule has 33 heavy (non-hydrogen) atoms. The maximum atomic E-state index is 13.7. The Morgan fingerprint density at radius 2 is 1.79 bits per heavy atom. The van der Waals surface area contributed by atoms with Crippen LogP contribution in [0.1, 0.15) is 40.9 Å². The summed E-state index contributed by atoms with van der Waals surface area (Å²) < 4.78 is 26.4. The SMILES string of the molecule is Cc1ccc2sc(N(Cc3ccncc3)C(=O)c3cccc(S(=O)(=O)C(C)C)c3)nc2c1C. The van der Waals surface area contributed by atoms with Gasteiger partial charge in [0.2, 0.25) is 0 Å². The van der Waals surface area contributed by atoms with Gasteiger partial charge in [-0.05, 0) is 80.8 Å². The molecule has 6 nitrogen and oxygen atoms in total. The fourth-order valence-electron chi connectivity index (χ4n) is 3.46. The third kappa shape index (κ3) is 4.54. The zero-order chi connectivity index (χ0) is 23.8. The molecule has 0 fully saturated rings. The number of sulfone groups is 1. The van der Waals surface area contributed by atoms with Crippen LogP contribution in [0.15, 0.2) is 65.8 Å². The van der Waals surface area contributed by atoms with Crippen molar-refractivity contribution < 1.29 is 13.2 Å². The summed E-state index contributed by atoms with van der Waals surface area (Å²) in [4.78, 5) is 24.3. The number of hydrogen-bond donors (Lipinski definition) is 0. The van der Waals surface area contributed by atoms with Gasteiger partial charge in [0.15, 0.2) is 15.0 Å². The summed E-state index contributed by atoms with van der Waals surface area (Å²) in [5.41, 5.74) is 4.29. The van der Waals surface area contributed by atoms with Crippen LogP contribution in [0, 0.1) is 13.8 Å². The van der Waals surface area contributed by atoms with Crippen molar-refractivity contribution in [1.29, 1.82) is 0 Å². The molecule has 0 saturated carbocycles. The molecule has 4 aromatic rings. The lowest BCUT2D eigenvalue weighted by atomic mass is 10.1. The van der Waals surface area contributed by atoms with Crippen LogP contribution >= 0.6 is 11.3 Å². The summed E-state index contributed by atoms with van der Waals surface area (Å²) in [6.45, 7) is 7.61. The van der Waals surface area contributed by atoms with Crippen molar-refractivity contribution >= 4 is 42.4 Å². The maximum absolute atomic E-state index is 13.7. The van der Waals surface area contributed by atoms with E-state index in [0.29, 0.717) is 17.2 Å². The van der Waals surface area contributed by atoms with Gasteiger partial charge >= 0.3 is 0 Å². The van der Waals surface area contributed by atoms with E-state index >= 15 is 0 Å². The molecule has 0 atom stereocenters. The normalized spacial score (nSPS) is 11.8. The molecule has 2 aromatic carbocycles. The maximum Gasteiger partial charge on any atom is 0.260 e. The van der Waals surface area contributed by atoms with Gasteiger partial charge in [0.05, 0.1) is 26.9 Å². The highest BCUT2D eigenvalue weighted by atomic mass is 32.2. The van der Waals surface area contributed by atoms with Crippen molar-refractivity contribution in [3.8, 4) is 0 Å². The minimum absolute atomic E-state index is 0.142. The van der Waals surface area contributed by atoms with Crippen molar-refractivity contribution in [2.45, 2.75) is 44.4 Å². The molecular formula is C25H25N3O3S2. The molecule has 0 aliphatic rings. The first-order valence-electron chi connectivity index (χ1n) is 10.6. The zero-order valence-electron chi connectivity index (χ0n) is 18.9. The van der Waals surface area contributed by atoms with E-state index in [4.69, 9.17) is 4.98 Å². The van der Waals surface area contributed by atoms with Gasteiger partial charge in [0, 0.05) is 18.0 Å². The number of nitrogens with zero attached hydrogens (tertiary/aromatic N) is 3. The van der Waals surface area contributed by atoms with Gasteiger partial charge in [0.25, 0.3) is 5.91 Å². The fraction of sp³-hybridized carbons (Fsp3) is 0.240. The molecule has 170 valence electrons. The van der Waals surface area contributed by atoms with Gasteiger partial charge in [0.1, 0.15) is 0 Å². The van der Waals surface area contributed by atoms with Gasteiger partial charge in [-0.3, -0.25) is 14.7 Å². The lowest BCUT2D eigenvalue weighted by Gasteiger charge is -2.20. The number of carbonyl (C=O) groups is 1. The Hall–Kier alpha value is -3.10. The Bertz CT molecular complexity index is 1430. The van der Waals surface area contributed by atoms with Crippen LogP contribution in [0.5, 0.6) is 0 Å². The Kier molecular flexibility index (Phi) is 6.32. The first kappa shape index (κ1) is 23.1. The summed E-state index contributed by atoms with van der Waals surface area (Å²) in [7, 11) is -3.51. The van der Waals surface area contributed by atoms with Crippen LogP contribution in [-0.2, 0) is 16.4 Å². The van der Waals surface area contributed by atoms with E-state index in [9.17, 15) is 13.2 Å². The predicted octanol–water partition coefficient (Wildman–Crippen LogP) is 5.34. The number of carbonyl (C=O) groups excluding carboxylic acids is 1. The summed E-state index contributed by atoms with van der Waals surface area (Å²) in [5.74, 6) is -0.305. The Morgan fingerprint density at radius 1 is 1.06 bits per heavy atom. The molecule has 8 heteroatoms. The van der Waals surface area contributed by atoms with Gasteiger partial charge in [-0.15, -0.1) is 0 Å². The van der Waals surface area contributed by atoms with Crippen LogP contribution in [0.2, 0.25) is 0 Å². The highest BCUT2D eigenvalue weighted by Gasteiger charge is 2.25. The molecule has 0 aliphatic heterocycles. The number of pyridine rings is 1. The molecule has 0 N–H and O–H groups in total. The molecule has 0 unspecified atom stereocenters. The molecule has 0 bridgehead atoms. The zero-order valence-corrected chi connectivity index (χ0v) is 20.6. The topological polar surface area (TPSA) is 80.2 Å². The largest absolute Gasteiger partial charge is 0.279 e. The van der Waals surface area contributed by atoms with Crippen LogP contribution < -0.4 is 4.90 Å². The molecular weight excluding hydrogens is 454 g/mol. The Labute approximate surface area is 197 Å². The smallest absolute Gasteiger partial charge is 0.260 e. The number of amides is 1. The second-order valence-electron chi connectivity index (χ2n) is 8.22. The molecule has 1 amide bonds. The average Bonchev–Trinajstić information content (AvgIpc) is 3.25. The molecule has 2 heterocycles. The van der Waals surface area contributed by atoms with Crippen LogP contribution in [0.3, 0.4) is 0 Å². The van der Waals surface area contributed by atoms with Crippen molar-refractivity contribution in [2.75, 3.05) is 4.90 Å². The number of aryl methyl sites for hydroxylation is 2. The third-order valence-corrected chi connectivity index (χ3v) is 8.87. The highest BCUT2D eigenvalue weighted by Crippen LogP contribution is 2.33. The van der Waals surface area contributed by atoms with Crippen LogP contribution in [-0.4, -0.2) is 29.5 Å². The number of fused-ring (bicyclic) bond motifs is 1. The molecule has 0 aliphatic carbocycles. The second-order valence-corrected chi connectivity index (χ2v) is 11.7. The fourth-order valence-corrected chi connectivity index (χ4v) is 5.59. The Balaban J connectivity index is 1.81. The summed E-state index contributed by atoms with van der Waals surface area (Å²) in [5, 5.41) is -0.0103. The van der Waals surface area contributed by atoms with E-state index in [1.165, 1.54) is 23.5 Å². The number of anilines is 1. The summed E-state index contributed by atoms with van der Waals surface area (Å²) in [6, 6.07) is 14.0. The van der Waals surface area contributed by atoms with Crippen LogP contribution in [0.4, 0.5) is 5.13 Å². The van der Waals surface area contributed by atoms with Crippen molar-refractivity contribution in [1.82, 2.24) is 9.97 Å². The quantitative estimate of drug-likeness (QED) is 0.373. The highest BCUT2D eigenvalue weighted by molar-refractivity contribution is 7.92. The minimum Gasteiger partial charge on any atom is -0.279 e. The first-order chi connectivity index (χ1) is 15.7. The number of benzene rings is 2. The molecule has 0 saturated heterocycles. The molecule has 0 radical (unpaired) electrons. The number of rotatable bonds is 6. The Morgan fingerprint density at radius 3 is 2.48 bits per heavy atom. The molecule has 2 aromatic heterocycles. The van der Waals surface area contributed by atoms with Gasteiger partial charge in [-0.2, -0.15) is 0 Å². The van der Waals surface area contributed by atoms with Crippen molar-refractivity contribution in [3.05, 3.63) is 83.2 Å². The van der Waals surface area contributed by atoms with E-state index in [-0.39, 0.29) is 10.8 Å². The van der Waals surface area contributed by atoms with E-state index in [2.05, 4.69) is 11.1 Å². The number of hydrogen-bond acceptors (Lipinski definition) is 6.